The van der Waals surface area contributed by atoms with E-state index in [1.807, 2.05) is 18.7 Å². The summed E-state index contributed by atoms with van der Waals surface area (Å²) in [6, 6.07) is 0.0433. The second-order valence-corrected chi connectivity index (χ2v) is 4.00. The van der Waals surface area contributed by atoms with E-state index in [1.54, 1.807) is 13.3 Å². The number of hydrogen-bond acceptors (Lipinski definition) is 4. The molecule has 1 rings (SSSR count). The van der Waals surface area contributed by atoms with E-state index in [2.05, 4.69) is 10.4 Å². The van der Waals surface area contributed by atoms with E-state index in [1.165, 1.54) is 0 Å². The molecule has 1 aromatic rings. The fourth-order valence-electron chi connectivity index (χ4n) is 1.61. The summed E-state index contributed by atoms with van der Waals surface area (Å²) in [4.78, 5) is 0. The Labute approximate surface area is 107 Å². The standard InChI is InChI=1S/C11H20ClN3O2/c1-4-17-8-10(13-2)11-9(12)7-14-15(11)5-6-16-3/h7,10,13H,4-6,8H2,1-3H3. The fraction of sp³-hybridized carbons (Fsp3) is 0.727. The first kappa shape index (κ1) is 14.4. The highest BCUT2D eigenvalue weighted by molar-refractivity contribution is 6.31. The first-order valence-corrected chi connectivity index (χ1v) is 6.07. The minimum absolute atomic E-state index is 0.0433. The number of ether oxygens (including phenoxy) is 2. The Bertz CT molecular complexity index is 331. The van der Waals surface area contributed by atoms with Gasteiger partial charge in [-0.25, -0.2) is 0 Å². The molecule has 0 radical (unpaired) electrons. The van der Waals surface area contributed by atoms with Crippen LogP contribution in [0.15, 0.2) is 6.20 Å². The number of nitrogens with one attached hydrogen (secondary N) is 1. The molecule has 0 aliphatic heterocycles. The maximum absolute atomic E-state index is 6.16. The molecule has 1 N–H and O–H groups in total. The predicted octanol–water partition coefficient (Wildman–Crippen LogP) is 1.48. The van der Waals surface area contributed by atoms with Gasteiger partial charge in [0.15, 0.2) is 0 Å². The van der Waals surface area contributed by atoms with Gasteiger partial charge in [-0.3, -0.25) is 4.68 Å². The molecule has 0 saturated heterocycles. The Balaban J connectivity index is 2.80. The second kappa shape index (κ2) is 7.66. The van der Waals surface area contributed by atoms with Crippen molar-refractivity contribution in [1.29, 1.82) is 0 Å². The van der Waals surface area contributed by atoms with E-state index in [0.717, 1.165) is 5.69 Å². The Morgan fingerprint density at radius 3 is 2.94 bits per heavy atom. The van der Waals surface area contributed by atoms with E-state index in [0.29, 0.717) is 31.4 Å². The van der Waals surface area contributed by atoms with Gasteiger partial charge in [0.1, 0.15) is 0 Å². The SMILES string of the molecule is CCOCC(NC)c1c(Cl)cnn1CCOC. The van der Waals surface area contributed by atoms with Crippen molar-refractivity contribution in [2.45, 2.75) is 19.5 Å². The van der Waals surface area contributed by atoms with Gasteiger partial charge < -0.3 is 14.8 Å². The molecular formula is C11H20ClN3O2. The average molecular weight is 262 g/mol. The summed E-state index contributed by atoms with van der Waals surface area (Å²) >= 11 is 6.16. The van der Waals surface area contributed by atoms with Gasteiger partial charge in [0.05, 0.1) is 42.7 Å². The van der Waals surface area contributed by atoms with Crippen molar-refractivity contribution in [1.82, 2.24) is 15.1 Å². The van der Waals surface area contributed by atoms with Crippen LogP contribution in [0.1, 0.15) is 18.7 Å². The lowest BCUT2D eigenvalue weighted by Gasteiger charge is -2.18. The molecule has 0 aromatic carbocycles. The maximum atomic E-state index is 6.16. The third-order valence-electron chi connectivity index (χ3n) is 2.51. The summed E-state index contributed by atoms with van der Waals surface area (Å²) in [6.07, 6.45) is 1.66. The third kappa shape index (κ3) is 3.96. The van der Waals surface area contributed by atoms with Gasteiger partial charge in [-0.15, -0.1) is 0 Å². The van der Waals surface area contributed by atoms with Crippen molar-refractivity contribution >= 4 is 11.6 Å². The molecule has 0 spiro atoms. The van der Waals surface area contributed by atoms with Crippen LogP contribution in [-0.4, -0.2) is 43.8 Å². The van der Waals surface area contributed by atoms with Gasteiger partial charge >= 0.3 is 0 Å². The van der Waals surface area contributed by atoms with Crippen molar-refractivity contribution in [3.05, 3.63) is 16.9 Å². The zero-order valence-electron chi connectivity index (χ0n) is 10.6. The molecule has 0 aliphatic carbocycles. The molecule has 0 aliphatic rings. The second-order valence-electron chi connectivity index (χ2n) is 3.59. The van der Waals surface area contributed by atoms with E-state index < -0.39 is 0 Å². The normalized spacial score (nSPS) is 12.9. The van der Waals surface area contributed by atoms with Crippen LogP contribution in [-0.2, 0) is 16.0 Å². The molecule has 17 heavy (non-hydrogen) atoms. The van der Waals surface area contributed by atoms with Gasteiger partial charge in [-0.1, -0.05) is 11.6 Å². The summed E-state index contributed by atoms with van der Waals surface area (Å²) in [6.45, 7) is 4.52. The smallest absolute Gasteiger partial charge is 0.0835 e. The molecule has 1 atom stereocenters. The van der Waals surface area contributed by atoms with Gasteiger partial charge in [-0.05, 0) is 14.0 Å². The van der Waals surface area contributed by atoms with Crippen molar-refractivity contribution in [2.24, 2.45) is 0 Å². The summed E-state index contributed by atoms with van der Waals surface area (Å²) < 4.78 is 12.3. The molecular weight excluding hydrogens is 242 g/mol. The molecule has 98 valence electrons. The van der Waals surface area contributed by atoms with Gasteiger partial charge in [0.2, 0.25) is 0 Å². The van der Waals surface area contributed by atoms with Crippen molar-refractivity contribution in [2.75, 3.05) is 34.0 Å². The summed E-state index contributed by atoms with van der Waals surface area (Å²) in [5, 5.41) is 8.08. The number of hydrogen-bond donors (Lipinski definition) is 1. The lowest BCUT2D eigenvalue weighted by atomic mass is 10.2. The zero-order chi connectivity index (χ0) is 12.7. The number of likely N-dealkylation sites (N-methyl/N-ethyl adjacent to an activating group) is 1. The van der Waals surface area contributed by atoms with Crippen LogP contribution in [0.3, 0.4) is 0 Å². The minimum atomic E-state index is 0.0433. The van der Waals surface area contributed by atoms with Crippen LogP contribution in [0.4, 0.5) is 0 Å². The summed E-state index contributed by atoms with van der Waals surface area (Å²) in [7, 11) is 3.55. The zero-order valence-corrected chi connectivity index (χ0v) is 11.3. The monoisotopic (exact) mass is 261 g/mol. The van der Waals surface area contributed by atoms with E-state index in [-0.39, 0.29) is 6.04 Å². The summed E-state index contributed by atoms with van der Waals surface area (Å²) in [5.74, 6) is 0. The molecule has 6 heteroatoms. The van der Waals surface area contributed by atoms with Crippen LogP contribution in [0.5, 0.6) is 0 Å². The lowest BCUT2D eigenvalue weighted by Crippen LogP contribution is -2.26. The molecule has 1 aromatic heterocycles. The molecule has 0 saturated carbocycles. The van der Waals surface area contributed by atoms with Gasteiger partial charge in [0.25, 0.3) is 0 Å². The Morgan fingerprint density at radius 2 is 2.35 bits per heavy atom. The Morgan fingerprint density at radius 1 is 1.59 bits per heavy atom. The first-order valence-electron chi connectivity index (χ1n) is 5.69. The number of aromatic nitrogens is 2. The van der Waals surface area contributed by atoms with E-state index >= 15 is 0 Å². The number of methoxy groups -OCH3 is 1. The molecule has 0 fully saturated rings. The highest BCUT2D eigenvalue weighted by Crippen LogP contribution is 2.22. The lowest BCUT2D eigenvalue weighted by molar-refractivity contribution is 0.121. The number of rotatable bonds is 8. The molecule has 1 unspecified atom stereocenters. The topological polar surface area (TPSA) is 48.3 Å². The highest BCUT2D eigenvalue weighted by atomic mass is 35.5. The van der Waals surface area contributed by atoms with Crippen LogP contribution >= 0.6 is 11.6 Å². The summed E-state index contributed by atoms with van der Waals surface area (Å²) in [5.41, 5.74) is 0.944. The van der Waals surface area contributed by atoms with Gasteiger partial charge in [-0.2, -0.15) is 5.10 Å². The van der Waals surface area contributed by atoms with Crippen LogP contribution < -0.4 is 5.32 Å². The van der Waals surface area contributed by atoms with Crippen molar-refractivity contribution in [3.8, 4) is 0 Å². The highest BCUT2D eigenvalue weighted by Gasteiger charge is 2.18. The maximum Gasteiger partial charge on any atom is 0.0835 e. The average Bonchev–Trinajstić information content (AvgIpc) is 2.70. The first-order chi connectivity index (χ1) is 8.24. The number of nitrogens with zero attached hydrogens (tertiary/aromatic N) is 2. The minimum Gasteiger partial charge on any atom is -0.383 e. The Hall–Kier alpha value is -0.620. The molecule has 0 amide bonds. The fourth-order valence-corrected chi connectivity index (χ4v) is 1.88. The quantitative estimate of drug-likeness (QED) is 0.770. The molecule has 0 bridgehead atoms. The van der Waals surface area contributed by atoms with Gasteiger partial charge in [0, 0.05) is 13.7 Å². The van der Waals surface area contributed by atoms with E-state index in [9.17, 15) is 0 Å². The number of halogens is 1. The van der Waals surface area contributed by atoms with Crippen LogP contribution in [0.25, 0.3) is 0 Å². The molecule has 5 nitrogen and oxygen atoms in total. The van der Waals surface area contributed by atoms with Crippen LogP contribution in [0.2, 0.25) is 5.02 Å². The van der Waals surface area contributed by atoms with Crippen LogP contribution in [0, 0.1) is 0 Å². The largest absolute Gasteiger partial charge is 0.383 e. The molecule has 1 heterocycles. The van der Waals surface area contributed by atoms with Crippen molar-refractivity contribution < 1.29 is 9.47 Å². The van der Waals surface area contributed by atoms with E-state index in [4.69, 9.17) is 21.1 Å². The third-order valence-corrected chi connectivity index (χ3v) is 2.80. The Kier molecular flexibility index (Phi) is 6.50. The van der Waals surface area contributed by atoms with Crippen molar-refractivity contribution in [3.63, 3.8) is 0 Å². The predicted molar refractivity (Wildman–Crippen MR) is 67.4 cm³/mol.